The first-order chi connectivity index (χ1) is 6.74. The molecular weight excluding hydrogens is 178 g/mol. The van der Waals surface area contributed by atoms with E-state index in [1.165, 1.54) is 0 Å². The fourth-order valence-electron chi connectivity index (χ4n) is 1.26. The van der Waals surface area contributed by atoms with Crippen molar-refractivity contribution in [2.75, 3.05) is 13.7 Å². The average Bonchev–Trinajstić information content (AvgIpc) is 2.61. The smallest absolute Gasteiger partial charge is 0.0537 e. The Hall–Kier alpha value is -0.870. The summed E-state index contributed by atoms with van der Waals surface area (Å²) in [6.45, 7) is 3.73. The Morgan fingerprint density at radius 2 is 2.36 bits per heavy atom. The fourth-order valence-corrected chi connectivity index (χ4v) is 1.26. The zero-order chi connectivity index (χ0) is 10.4. The molecule has 2 N–H and O–H groups in total. The molecule has 0 amide bonds. The summed E-state index contributed by atoms with van der Waals surface area (Å²) in [4.78, 5) is 0. The molecule has 0 radical (unpaired) electrons. The van der Waals surface area contributed by atoms with Crippen molar-refractivity contribution < 1.29 is 4.74 Å². The molecule has 80 valence electrons. The van der Waals surface area contributed by atoms with Crippen molar-refractivity contribution in [1.82, 2.24) is 9.78 Å². The van der Waals surface area contributed by atoms with Gasteiger partial charge in [-0.15, -0.1) is 0 Å². The van der Waals surface area contributed by atoms with Crippen molar-refractivity contribution in [2.45, 2.75) is 32.4 Å². The van der Waals surface area contributed by atoms with E-state index in [0.717, 1.165) is 31.6 Å². The van der Waals surface area contributed by atoms with E-state index in [1.807, 2.05) is 24.0 Å². The van der Waals surface area contributed by atoms with Gasteiger partial charge < -0.3 is 10.5 Å². The van der Waals surface area contributed by atoms with Crippen LogP contribution in [0.5, 0.6) is 0 Å². The lowest BCUT2D eigenvalue weighted by molar-refractivity contribution is 0.191. The van der Waals surface area contributed by atoms with E-state index in [2.05, 4.69) is 5.10 Å². The number of hydrogen-bond acceptors (Lipinski definition) is 3. The normalized spacial score (nSPS) is 13.1. The first kappa shape index (κ1) is 11.2. The topological polar surface area (TPSA) is 53.1 Å². The lowest BCUT2D eigenvalue weighted by Gasteiger charge is -2.01. The Morgan fingerprint density at radius 3 is 2.93 bits per heavy atom. The van der Waals surface area contributed by atoms with Gasteiger partial charge in [-0.2, -0.15) is 5.10 Å². The van der Waals surface area contributed by atoms with Crippen LogP contribution in [0.4, 0.5) is 0 Å². The molecule has 0 bridgehead atoms. The third-order valence-corrected chi connectivity index (χ3v) is 2.16. The highest BCUT2D eigenvalue weighted by molar-refractivity contribution is 5.07. The van der Waals surface area contributed by atoms with Gasteiger partial charge in [0.05, 0.1) is 6.20 Å². The molecule has 0 aromatic carbocycles. The van der Waals surface area contributed by atoms with Gasteiger partial charge in [0.1, 0.15) is 0 Å². The largest absolute Gasteiger partial charge is 0.385 e. The average molecular weight is 197 g/mol. The van der Waals surface area contributed by atoms with E-state index >= 15 is 0 Å². The molecule has 0 aliphatic carbocycles. The molecule has 0 saturated carbocycles. The molecule has 1 rings (SSSR count). The molecule has 0 spiro atoms. The number of rotatable bonds is 6. The van der Waals surface area contributed by atoms with Gasteiger partial charge in [-0.1, -0.05) is 0 Å². The number of aryl methyl sites for hydroxylation is 1. The van der Waals surface area contributed by atoms with Gasteiger partial charge in [0.2, 0.25) is 0 Å². The zero-order valence-corrected chi connectivity index (χ0v) is 8.94. The lowest BCUT2D eigenvalue weighted by Crippen LogP contribution is -2.04. The number of nitrogens with zero attached hydrogens (tertiary/aromatic N) is 2. The first-order valence-electron chi connectivity index (χ1n) is 5.01. The molecule has 0 fully saturated rings. The second kappa shape index (κ2) is 5.78. The predicted octanol–water partition coefficient (Wildman–Crippen LogP) is 1.33. The van der Waals surface area contributed by atoms with Crippen molar-refractivity contribution in [2.24, 2.45) is 5.73 Å². The van der Waals surface area contributed by atoms with Crippen molar-refractivity contribution in [3.8, 4) is 0 Å². The molecule has 4 heteroatoms. The van der Waals surface area contributed by atoms with E-state index in [9.17, 15) is 0 Å². The van der Waals surface area contributed by atoms with Crippen LogP contribution in [-0.2, 0) is 11.3 Å². The second-order valence-electron chi connectivity index (χ2n) is 3.53. The molecule has 1 aromatic heterocycles. The van der Waals surface area contributed by atoms with Crippen LogP contribution < -0.4 is 5.73 Å². The highest BCUT2D eigenvalue weighted by Gasteiger charge is 2.02. The number of unbranched alkanes of at least 4 members (excludes halogenated alkanes) is 1. The molecule has 1 atom stereocenters. The molecule has 1 aromatic rings. The van der Waals surface area contributed by atoms with Crippen molar-refractivity contribution in [3.63, 3.8) is 0 Å². The van der Waals surface area contributed by atoms with E-state index in [0.29, 0.717) is 0 Å². The van der Waals surface area contributed by atoms with Gasteiger partial charge in [-0.05, 0) is 19.8 Å². The van der Waals surface area contributed by atoms with Gasteiger partial charge in [-0.25, -0.2) is 0 Å². The summed E-state index contributed by atoms with van der Waals surface area (Å²) in [6.07, 6.45) is 6.01. The molecule has 1 heterocycles. The Balaban J connectivity index is 2.29. The lowest BCUT2D eigenvalue weighted by atomic mass is 10.2. The monoisotopic (exact) mass is 197 g/mol. The number of ether oxygens (including phenoxy) is 1. The summed E-state index contributed by atoms with van der Waals surface area (Å²) in [5.41, 5.74) is 6.82. The van der Waals surface area contributed by atoms with E-state index in [1.54, 1.807) is 7.11 Å². The first-order valence-corrected chi connectivity index (χ1v) is 5.01. The molecular formula is C10H19N3O. The van der Waals surface area contributed by atoms with Gasteiger partial charge in [-0.3, -0.25) is 4.68 Å². The fraction of sp³-hybridized carbons (Fsp3) is 0.700. The number of hydrogen-bond donors (Lipinski definition) is 1. The van der Waals surface area contributed by atoms with Crippen molar-refractivity contribution >= 4 is 0 Å². The van der Waals surface area contributed by atoms with Crippen LogP contribution in [0.1, 0.15) is 31.4 Å². The van der Waals surface area contributed by atoms with Crippen LogP contribution in [0.15, 0.2) is 12.4 Å². The zero-order valence-electron chi connectivity index (χ0n) is 8.94. The van der Waals surface area contributed by atoms with E-state index in [4.69, 9.17) is 10.5 Å². The third-order valence-electron chi connectivity index (χ3n) is 2.16. The number of aromatic nitrogens is 2. The van der Waals surface area contributed by atoms with Crippen LogP contribution in [-0.4, -0.2) is 23.5 Å². The maximum absolute atomic E-state index is 5.73. The van der Waals surface area contributed by atoms with Gasteiger partial charge in [0.25, 0.3) is 0 Å². The SMILES string of the molecule is COCCCCn1cc(C(C)N)cn1. The van der Waals surface area contributed by atoms with Crippen LogP contribution in [0.25, 0.3) is 0 Å². The van der Waals surface area contributed by atoms with Crippen LogP contribution in [0.3, 0.4) is 0 Å². The molecule has 0 aliphatic rings. The van der Waals surface area contributed by atoms with Crippen LogP contribution in [0.2, 0.25) is 0 Å². The van der Waals surface area contributed by atoms with E-state index < -0.39 is 0 Å². The van der Waals surface area contributed by atoms with Gasteiger partial charge >= 0.3 is 0 Å². The Morgan fingerprint density at radius 1 is 1.57 bits per heavy atom. The third kappa shape index (κ3) is 3.47. The predicted molar refractivity (Wildman–Crippen MR) is 55.9 cm³/mol. The second-order valence-corrected chi connectivity index (χ2v) is 3.53. The van der Waals surface area contributed by atoms with Crippen LogP contribution in [0, 0.1) is 0 Å². The van der Waals surface area contributed by atoms with Crippen LogP contribution >= 0.6 is 0 Å². The minimum Gasteiger partial charge on any atom is -0.385 e. The van der Waals surface area contributed by atoms with Gasteiger partial charge in [0.15, 0.2) is 0 Å². The van der Waals surface area contributed by atoms with Gasteiger partial charge in [0, 0.05) is 38.1 Å². The summed E-state index contributed by atoms with van der Waals surface area (Å²) in [6, 6.07) is 0.0720. The summed E-state index contributed by atoms with van der Waals surface area (Å²) >= 11 is 0. The minimum atomic E-state index is 0.0720. The molecule has 0 aliphatic heterocycles. The maximum Gasteiger partial charge on any atom is 0.0537 e. The molecule has 1 unspecified atom stereocenters. The Labute approximate surface area is 85.0 Å². The highest BCUT2D eigenvalue weighted by Crippen LogP contribution is 2.07. The summed E-state index contributed by atoms with van der Waals surface area (Å²) in [5.74, 6) is 0. The molecule has 14 heavy (non-hydrogen) atoms. The minimum absolute atomic E-state index is 0.0720. The Bertz CT molecular complexity index is 258. The summed E-state index contributed by atoms with van der Waals surface area (Å²) in [5, 5.41) is 4.23. The maximum atomic E-state index is 5.73. The Kier molecular flexibility index (Phi) is 4.62. The summed E-state index contributed by atoms with van der Waals surface area (Å²) in [7, 11) is 1.72. The van der Waals surface area contributed by atoms with E-state index in [-0.39, 0.29) is 6.04 Å². The number of methoxy groups -OCH3 is 1. The van der Waals surface area contributed by atoms with Crippen molar-refractivity contribution in [3.05, 3.63) is 18.0 Å². The van der Waals surface area contributed by atoms with Crippen molar-refractivity contribution in [1.29, 1.82) is 0 Å². The standard InChI is InChI=1S/C10H19N3O/c1-9(11)10-7-12-13(8-10)5-3-4-6-14-2/h7-9H,3-6,11H2,1-2H3. The quantitative estimate of drug-likeness (QED) is 0.700. The molecule has 4 nitrogen and oxygen atoms in total. The summed E-state index contributed by atoms with van der Waals surface area (Å²) < 4.78 is 6.91. The molecule has 0 saturated heterocycles. The number of nitrogens with two attached hydrogens (primary N) is 1. The highest BCUT2D eigenvalue weighted by atomic mass is 16.5.